The van der Waals surface area contributed by atoms with E-state index in [0.29, 0.717) is 6.42 Å². The van der Waals surface area contributed by atoms with E-state index in [0.717, 1.165) is 15.6 Å². The third-order valence-electron chi connectivity index (χ3n) is 3.80. The molecule has 1 aromatic rings. The van der Waals surface area contributed by atoms with Crippen LogP contribution in [0, 0.1) is 6.92 Å². The van der Waals surface area contributed by atoms with Crippen molar-refractivity contribution in [2.75, 3.05) is 12.3 Å². The van der Waals surface area contributed by atoms with Gasteiger partial charge in [-0.3, -0.25) is 4.79 Å². The van der Waals surface area contributed by atoms with Crippen LogP contribution in [0.3, 0.4) is 0 Å². The number of carbonyl (C=O) groups is 1. The first kappa shape index (κ1) is 17.3. The van der Waals surface area contributed by atoms with Gasteiger partial charge in [-0.1, -0.05) is 17.7 Å². The second kappa shape index (κ2) is 6.22. The van der Waals surface area contributed by atoms with E-state index in [4.69, 9.17) is 0 Å². The van der Waals surface area contributed by atoms with Crippen LogP contribution in [0.4, 0.5) is 0 Å². The summed E-state index contributed by atoms with van der Waals surface area (Å²) in [7, 11) is -3.83. The highest BCUT2D eigenvalue weighted by Gasteiger charge is 2.46. The van der Waals surface area contributed by atoms with Gasteiger partial charge < -0.3 is 5.11 Å². The van der Waals surface area contributed by atoms with Crippen molar-refractivity contribution >= 4 is 27.8 Å². The van der Waals surface area contributed by atoms with Gasteiger partial charge in [0.25, 0.3) is 0 Å². The van der Waals surface area contributed by atoms with Crippen molar-refractivity contribution in [3.63, 3.8) is 0 Å². The van der Waals surface area contributed by atoms with Crippen LogP contribution < -0.4 is 0 Å². The molecule has 0 saturated carbocycles. The molecule has 0 unspecified atom stereocenters. The van der Waals surface area contributed by atoms with E-state index in [9.17, 15) is 18.3 Å². The van der Waals surface area contributed by atoms with Crippen LogP contribution in [0.25, 0.3) is 0 Å². The van der Waals surface area contributed by atoms with E-state index in [-0.39, 0.29) is 11.4 Å². The lowest BCUT2D eigenvalue weighted by Crippen LogP contribution is -2.54. The van der Waals surface area contributed by atoms with E-state index in [1.165, 1.54) is 23.9 Å². The lowest BCUT2D eigenvalue weighted by molar-refractivity contribution is -0.142. The molecule has 1 saturated heterocycles. The van der Waals surface area contributed by atoms with Gasteiger partial charge >= 0.3 is 5.97 Å². The largest absolute Gasteiger partial charge is 0.480 e. The third-order valence-corrected chi connectivity index (χ3v) is 7.14. The predicted molar refractivity (Wildman–Crippen MR) is 87.6 cm³/mol. The summed E-state index contributed by atoms with van der Waals surface area (Å²) in [5.74, 6) is -0.355. The van der Waals surface area contributed by atoms with E-state index in [2.05, 4.69) is 0 Å². The summed E-state index contributed by atoms with van der Waals surface area (Å²) in [6, 6.07) is 5.44. The molecule has 1 heterocycles. The number of carboxylic acids is 1. The van der Waals surface area contributed by atoms with Crippen LogP contribution in [-0.2, 0) is 14.8 Å². The summed E-state index contributed by atoms with van der Waals surface area (Å²) in [6.07, 6.45) is 0.642. The minimum Gasteiger partial charge on any atom is -0.480 e. The average Bonchev–Trinajstić information content (AvgIpc) is 2.57. The van der Waals surface area contributed by atoms with Gasteiger partial charge in [-0.25, -0.2) is 8.42 Å². The Bertz CT molecular complexity index is 653. The van der Waals surface area contributed by atoms with Gasteiger partial charge in [0.15, 0.2) is 0 Å². The summed E-state index contributed by atoms with van der Waals surface area (Å²) >= 11 is 1.51. The number of rotatable bonds is 3. The number of benzene rings is 1. The van der Waals surface area contributed by atoms with E-state index in [1.54, 1.807) is 26.0 Å². The fourth-order valence-electron chi connectivity index (χ4n) is 2.64. The maximum Gasteiger partial charge on any atom is 0.323 e. The fraction of sp³-hybridized carbons (Fsp3) is 0.533. The van der Waals surface area contributed by atoms with E-state index in [1.807, 2.05) is 6.92 Å². The molecule has 1 aromatic carbocycles. The van der Waals surface area contributed by atoms with Gasteiger partial charge in [0.1, 0.15) is 6.04 Å². The Kier molecular flexibility index (Phi) is 4.89. The second-order valence-electron chi connectivity index (χ2n) is 5.98. The molecule has 122 valence electrons. The Morgan fingerprint density at radius 2 is 1.91 bits per heavy atom. The highest BCUT2D eigenvalue weighted by atomic mass is 32.2. The summed E-state index contributed by atoms with van der Waals surface area (Å²) in [5.41, 5.74) is 0.959. The molecule has 1 aliphatic rings. The minimum absolute atomic E-state index is 0.145. The number of nitrogens with zero attached hydrogens (tertiary/aromatic N) is 1. The van der Waals surface area contributed by atoms with Gasteiger partial charge in [-0.15, -0.1) is 0 Å². The van der Waals surface area contributed by atoms with Gasteiger partial charge in [-0.2, -0.15) is 16.1 Å². The molecule has 22 heavy (non-hydrogen) atoms. The van der Waals surface area contributed by atoms with Crippen molar-refractivity contribution in [3.05, 3.63) is 29.8 Å². The highest BCUT2D eigenvalue weighted by molar-refractivity contribution is 8.00. The zero-order valence-corrected chi connectivity index (χ0v) is 14.6. The van der Waals surface area contributed by atoms with Gasteiger partial charge in [0.05, 0.1) is 4.90 Å². The summed E-state index contributed by atoms with van der Waals surface area (Å²) < 4.78 is 26.3. The molecule has 1 atom stereocenters. The monoisotopic (exact) mass is 343 g/mol. The summed E-state index contributed by atoms with van der Waals surface area (Å²) in [5, 5.41) is 9.60. The molecule has 0 aliphatic carbocycles. The molecule has 1 N–H and O–H groups in total. The molecular weight excluding hydrogens is 322 g/mol. The van der Waals surface area contributed by atoms with Crippen LogP contribution >= 0.6 is 11.8 Å². The van der Waals surface area contributed by atoms with Crippen LogP contribution in [0.1, 0.15) is 25.8 Å². The first-order chi connectivity index (χ1) is 10.2. The van der Waals surface area contributed by atoms with Crippen molar-refractivity contribution in [2.45, 2.75) is 42.9 Å². The SMILES string of the molecule is Cc1ccc(S(=O)(=O)N2CCCSC(C)(C)[C@@H]2C(=O)O)cc1. The van der Waals surface area contributed by atoms with Crippen molar-refractivity contribution in [3.8, 4) is 0 Å². The molecule has 5 nitrogen and oxygen atoms in total. The second-order valence-corrected chi connectivity index (χ2v) is 9.61. The molecule has 2 rings (SSSR count). The van der Waals surface area contributed by atoms with Crippen LogP contribution in [0.5, 0.6) is 0 Å². The van der Waals surface area contributed by atoms with E-state index < -0.39 is 26.8 Å². The van der Waals surface area contributed by atoms with Crippen LogP contribution in [-0.4, -0.2) is 46.9 Å². The Hall–Kier alpha value is -1.05. The molecule has 7 heteroatoms. The molecule has 1 aliphatic heterocycles. The fourth-order valence-corrected chi connectivity index (χ4v) is 5.64. The maximum absolute atomic E-state index is 12.9. The molecule has 0 amide bonds. The first-order valence-corrected chi connectivity index (χ1v) is 9.54. The first-order valence-electron chi connectivity index (χ1n) is 7.11. The summed E-state index contributed by atoms with van der Waals surface area (Å²) in [4.78, 5) is 11.9. The van der Waals surface area contributed by atoms with Gasteiger partial charge in [-0.05, 0) is 45.1 Å². The van der Waals surface area contributed by atoms with Crippen LogP contribution in [0.2, 0.25) is 0 Å². The van der Waals surface area contributed by atoms with E-state index >= 15 is 0 Å². The topological polar surface area (TPSA) is 74.7 Å². The zero-order chi connectivity index (χ0) is 16.5. The van der Waals surface area contributed by atoms with Crippen molar-refractivity contribution in [2.24, 2.45) is 0 Å². The Labute approximate surface area is 135 Å². The van der Waals surface area contributed by atoms with Gasteiger partial charge in [0.2, 0.25) is 10.0 Å². The van der Waals surface area contributed by atoms with Crippen molar-refractivity contribution in [1.29, 1.82) is 0 Å². The maximum atomic E-state index is 12.9. The standard InChI is InChI=1S/C15H21NO4S2/c1-11-5-7-12(8-6-11)22(19,20)16-9-4-10-21-15(2,3)13(16)14(17)18/h5-8,13H,4,9-10H2,1-3H3,(H,17,18)/t13-/m0/s1. The van der Waals surface area contributed by atoms with Crippen molar-refractivity contribution < 1.29 is 18.3 Å². The molecule has 0 radical (unpaired) electrons. The number of sulfonamides is 1. The minimum atomic E-state index is -3.83. The molecule has 0 bridgehead atoms. The Morgan fingerprint density at radius 1 is 1.32 bits per heavy atom. The number of hydrogen-bond donors (Lipinski definition) is 1. The lowest BCUT2D eigenvalue weighted by atomic mass is 10.0. The average molecular weight is 343 g/mol. The number of carboxylic acid groups (broad SMARTS) is 1. The van der Waals surface area contributed by atoms with Gasteiger partial charge in [0, 0.05) is 11.3 Å². The Morgan fingerprint density at radius 3 is 2.45 bits per heavy atom. The predicted octanol–water partition coefficient (Wildman–Crippen LogP) is 2.35. The number of aryl methyl sites for hydroxylation is 1. The third kappa shape index (κ3) is 3.31. The smallest absolute Gasteiger partial charge is 0.323 e. The zero-order valence-electron chi connectivity index (χ0n) is 12.9. The quantitative estimate of drug-likeness (QED) is 0.912. The number of hydrogen-bond acceptors (Lipinski definition) is 4. The van der Waals surface area contributed by atoms with Crippen molar-refractivity contribution in [1.82, 2.24) is 4.31 Å². The summed E-state index contributed by atoms with van der Waals surface area (Å²) in [6.45, 7) is 5.69. The molecular formula is C15H21NO4S2. The van der Waals surface area contributed by atoms with Crippen LogP contribution in [0.15, 0.2) is 29.2 Å². The Balaban J connectivity index is 2.50. The molecule has 0 aromatic heterocycles. The highest BCUT2D eigenvalue weighted by Crippen LogP contribution is 2.37. The molecule has 1 fully saturated rings. The number of aliphatic carboxylic acids is 1. The molecule has 0 spiro atoms. The number of thioether (sulfide) groups is 1. The lowest BCUT2D eigenvalue weighted by Gasteiger charge is -2.35. The normalized spacial score (nSPS) is 23.0.